The van der Waals surface area contributed by atoms with E-state index in [-0.39, 0.29) is 24.8 Å². The van der Waals surface area contributed by atoms with Gasteiger partial charge in [0, 0.05) is 30.5 Å². The van der Waals surface area contributed by atoms with Crippen LogP contribution in [0.5, 0.6) is 0 Å². The average molecular weight is 324 g/mol. The summed E-state index contributed by atoms with van der Waals surface area (Å²) in [6.45, 7) is 0.103. The molecule has 1 aromatic carbocycles. The second kappa shape index (κ2) is 5.53. The fourth-order valence-electron chi connectivity index (χ4n) is 2.53. The number of hydrogen-bond acceptors (Lipinski definition) is 5. The molecule has 0 bridgehead atoms. The number of anilines is 1. The predicted molar refractivity (Wildman–Crippen MR) is 77.3 cm³/mol. The van der Waals surface area contributed by atoms with Gasteiger partial charge >= 0.3 is 10.2 Å². The van der Waals surface area contributed by atoms with Crippen LogP contribution in [0.25, 0.3) is 11.3 Å². The highest BCUT2D eigenvalue weighted by Crippen LogP contribution is 2.29. The van der Waals surface area contributed by atoms with Crippen LogP contribution >= 0.6 is 0 Å². The molecule has 0 saturated carbocycles. The van der Waals surface area contributed by atoms with Gasteiger partial charge in [-0.1, -0.05) is 35.5 Å². The summed E-state index contributed by atoms with van der Waals surface area (Å²) in [5.74, 6) is -1.30. The van der Waals surface area contributed by atoms with Crippen molar-refractivity contribution in [3.8, 4) is 11.3 Å². The van der Waals surface area contributed by atoms with Gasteiger partial charge in [0.15, 0.2) is 0 Å². The molecule has 6 nitrogen and oxygen atoms in total. The maximum absolute atomic E-state index is 12.7. The zero-order chi connectivity index (χ0) is 15.7. The van der Waals surface area contributed by atoms with Crippen molar-refractivity contribution >= 4 is 22.0 Å². The molecule has 1 saturated heterocycles. The van der Waals surface area contributed by atoms with Crippen LogP contribution in [0.3, 0.4) is 0 Å². The first-order valence-corrected chi connectivity index (χ1v) is 8.22. The molecule has 8 heteroatoms. The van der Waals surface area contributed by atoms with Gasteiger partial charge in [0.1, 0.15) is 5.69 Å². The average Bonchev–Trinajstić information content (AvgIpc) is 3.05. The third-order valence-electron chi connectivity index (χ3n) is 3.47. The Labute approximate surface area is 126 Å². The zero-order valence-corrected chi connectivity index (χ0v) is 12.3. The number of halogens is 1. The lowest BCUT2D eigenvalue weighted by Crippen LogP contribution is -2.24. The molecule has 1 unspecified atom stereocenters. The second-order valence-electron chi connectivity index (χ2n) is 5.20. The number of amides is 1. The minimum Gasteiger partial charge on any atom is -0.338 e. The van der Waals surface area contributed by atoms with Gasteiger partial charge in [0.05, 0.1) is 5.75 Å². The minimum absolute atomic E-state index is 0.0233. The van der Waals surface area contributed by atoms with E-state index >= 15 is 0 Å². The van der Waals surface area contributed by atoms with E-state index in [9.17, 15) is 17.1 Å². The molecule has 0 aliphatic carbocycles. The Kier molecular flexibility index (Phi) is 3.69. The lowest BCUT2D eigenvalue weighted by Gasteiger charge is -2.11. The smallest absolute Gasteiger partial charge is 0.302 e. The highest BCUT2D eigenvalue weighted by Gasteiger charge is 2.35. The van der Waals surface area contributed by atoms with E-state index in [2.05, 4.69) is 5.16 Å². The van der Waals surface area contributed by atoms with Crippen molar-refractivity contribution in [2.24, 2.45) is 5.92 Å². The van der Waals surface area contributed by atoms with Gasteiger partial charge in [0.2, 0.25) is 11.8 Å². The largest absolute Gasteiger partial charge is 0.338 e. The number of benzene rings is 1. The maximum atomic E-state index is 12.7. The van der Waals surface area contributed by atoms with Crippen LogP contribution in [0.4, 0.5) is 9.77 Å². The van der Waals surface area contributed by atoms with Crippen molar-refractivity contribution in [2.75, 3.05) is 17.2 Å². The standard InChI is InChI=1S/C14H13FN2O4S/c15-22(19,20)9-10-6-13(18)17(8-10)14-7-12(16-21-14)11-4-2-1-3-5-11/h1-5,7,10H,6,8-9H2. The van der Waals surface area contributed by atoms with Crippen LogP contribution in [-0.2, 0) is 15.0 Å². The van der Waals surface area contributed by atoms with E-state index in [4.69, 9.17) is 4.52 Å². The third-order valence-corrected chi connectivity index (χ3v) is 4.34. The monoisotopic (exact) mass is 324 g/mol. The molecule has 1 atom stereocenters. The van der Waals surface area contributed by atoms with Crippen LogP contribution in [0.2, 0.25) is 0 Å². The third kappa shape index (κ3) is 3.16. The van der Waals surface area contributed by atoms with Crippen molar-refractivity contribution in [2.45, 2.75) is 6.42 Å². The molecule has 0 spiro atoms. The molecule has 1 aliphatic rings. The Hall–Kier alpha value is -2.22. The molecule has 1 fully saturated rings. The summed E-state index contributed by atoms with van der Waals surface area (Å²) < 4.78 is 39.3. The van der Waals surface area contributed by atoms with Gasteiger partial charge in [-0.2, -0.15) is 8.42 Å². The Balaban J connectivity index is 1.78. The van der Waals surface area contributed by atoms with Crippen LogP contribution in [-0.4, -0.2) is 31.8 Å². The highest BCUT2D eigenvalue weighted by atomic mass is 32.3. The number of carbonyl (C=O) groups excluding carboxylic acids is 1. The van der Waals surface area contributed by atoms with Gasteiger partial charge in [-0.15, -0.1) is 3.89 Å². The summed E-state index contributed by atoms with van der Waals surface area (Å²) in [6.07, 6.45) is -0.0233. The molecule has 3 rings (SSSR count). The molecule has 2 heterocycles. The first-order valence-electron chi connectivity index (χ1n) is 6.67. The minimum atomic E-state index is -4.60. The summed E-state index contributed by atoms with van der Waals surface area (Å²) in [5, 5.41) is 3.90. The Morgan fingerprint density at radius 3 is 2.73 bits per heavy atom. The normalized spacial score (nSPS) is 18.9. The van der Waals surface area contributed by atoms with Crippen LogP contribution < -0.4 is 4.90 Å². The molecule has 2 aromatic rings. The van der Waals surface area contributed by atoms with Crippen molar-refractivity contribution in [1.82, 2.24) is 5.16 Å². The summed E-state index contributed by atoms with van der Waals surface area (Å²) >= 11 is 0. The van der Waals surface area contributed by atoms with E-state index in [1.165, 1.54) is 4.90 Å². The number of hydrogen-bond donors (Lipinski definition) is 0. The van der Waals surface area contributed by atoms with Gasteiger partial charge in [-0.3, -0.25) is 9.69 Å². The summed E-state index contributed by atoms with van der Waals surface area (Å²) in [7, 11) is -4.60. The summed E-state index contributed by atoms with van der Waals surface area (Å²) in [6, 6.07) is 10.9. The number of aromatic nitrogens is 1. The van der Waals surface area contributed by atoms with Crippen molar-refractivity contribution < 1.29 is 21.6 Å². The van der Waals surface area contributed by atoms with Crippen LogP contribution in [0.15, 0.2) is 40.9 Å². The number of carbonyl (C=O) groups is 1. The first kappa shape index (κ1) is 14.7. The van der Waals surface area contributed by atoms with E-state index in [1.807, 2.05) is 30.3 Å². The Bertz CT molecular complexity index is 788. The first-order chi connectivity index (χ1) is 10.4. The van der Waals surface area contributed by atoms with Gasteiger partial charge < -0.3 is 4.52 Å². The quantitative estimate of drug-likeness (QED) is 0.804. The van der Waals surface area contributed by atoms with Crippen molar-refractivity contribution in [3.05, 3.63) is 36.4 Å². The van der Waals surface area contributed by atoms with E-state index in [1.54, 1.807) is 6.07 Å². The Morgan fingerprint density at radius 2 is 2.05 bits per heavy atom. The Morgan fingerprint density at radius 1 is 1.32 bits per heavy atom. The van der Waals surface area contributed by atoms with Gasteiger partial charge in [-0.25, -0.2) is 0 Å². The molecule has 22 heavy (non-hydrogen) atoms. The number of rotatable bonds is 4. The fourth-order valence-corrected chi connectivity index (χ4v) is 3.31. The summed E-state index contributed by atoms with van der Waals surface area (Å²) in [5.41, 5.74) is 1.41. The lowest BCUT2D eigenvalue weighted by molar-refractivity contribution is -0.117. The predicted octanol–water partition coefficient (Wildman–Crippen LogP) is 1.99. The lowest BCUT2D eigenvalue weighted by atomic mass is 10.1. The van der Waals surface area contributed by atoms with Gasteiger partial charge in [-0.05, 0) is 0 Å². The van der Waals surface area contributed by atoms with Crippen molar-refractivity contribution in [1.29, 1.82) is 0 Å². The SMILES string of the molecule is O=C1CC(CS(=O)(=O)F)CN1c1cc(-c2ccccc2)no1. The fraction of sp³-hybridized carbons (Fsp3) is 0.286. The van der Waals surface area contributed by atoms with E-state index in [0.29, 0.717) is 5.69 Å². The van der Waals surface area contributed by atoms with E-state index < -0.39 is 21.9 Å². The zero-order valence-electron chi connectivity index (χ0n) is 11.5. The van der Waals surface area contributed by atoms with Crippen LogP contribution in [0, 0.1) is 5.92 Å². The molecule has 1 aromatic heterocycles. The highest BCUT2D eigenvalue weighted by molar-refractivity contribution is 7.86. The molecule has 0 N–H and O–H groups in total. The molecule has 1 aliphatic heterocycles. The maximum Gasteiger partial charge on any atom is 0.302 e. The molecule has 0 radical (unpaired) electrons. The van der Waals surface area contributed by atoms with E-state index in [0.717, 1.165) is 5.56 Å². The molecule has 1 amide bonds. The van der Waals surface area contributed by atoms with Crippen LogP contribution in [0.1, 0.15) is 6.42 Å². The molecule has 116 valence electrons. The molecular formula is C14H13FN2O4S. The second-order valence-corrected chi connectivity index (χ2v) is 6.61. The number of nitrogens with zero attached hydrogens (tertiary/aromatic N) is 2. The molecular weight excluding hydrogens is 311 g/mol. The summed E-state index contributed by atoms with van der Waals surface area (Å²) in [4.78, 5) is 13.2. The van der Waals surface area contributed by atoms with Crippen molar-refractivity contribution in [3.63, 3.8) is 0 Å². The topological polar surface area (TPSA) is 80.5 Å². The van der Waals surface area contributed by atoms with Gasteiger partial charge in [0.25, 0.3) is 0 Å².